The van der Waals surface area contributed by atoms with Gasteiger partial charge in [0.15, 0.2) is 0 Å². The first-order chi connectivity index (χ1) is 14.3. The summed E-state index contributed by atoms with van der Waals surface area (Å²) in [7, 11) is 0. The molecular formula is C29H48O2. The van der Waals surface area contributed by atoms with Crippen molar-refractivity contribution in [3.63, 3.8) is 0 Å². The Bertz CT molecular complexity index is 771. The van der Waals surface area contributed by atoms with Crippen molar-refractivity contribution in [3.8, 4) is 0 Å². The number of aliphatic hydroxyl groups excluding tert-OH is 1. The molecule has 0 bridgehead atoms. The third-order valence-corrected chi connectivity index (χ3v) is 13.3. The minimum absolute atomic E-state index is 0.107. The Morgan fingerprint density at radius 1 is 0.774 bits per heavy atom. The van der Waals surface area contributed by atoms with Gasteiger partial charge in [-0.15, -0.1) is 0 Å². The lowest BCUT2D eigenvalue weighted by molar-refractivity contribution is -0.247. The van der Waals surface area contributed by atoms with Gasteiger partial charge in [0, 0.05) is 11.8 Å². The minimum atomic E-state index is -0.154. The van der Waals surface area contributed by atoms with Gasteiger partial charge >= 0.3 is 0 Å². The molecule has 0 aromatic heterocycles. The Hall–Kier alpha value is -0.370. The van der Waals surface area contributed by atoms with Crippen LogP contribution in [0.25, 0.3) is 0 Å². The molecule has 5 aliphatic carbocycles. The number of hydrogen-bond acceptors (Lipinski definition) is 2. The highest BCUT2D eigenvalue weighted by Gasteiger charge is 2.69. The highest BCUT2D eigenvalue weighted by molar-refractivity contribution is 5.85. The summed E-state index contributed by atoms with van der Waals surface area (Å²) in [5.41, 5.74) is 1.30. The molecule has 5 saturated carbocycles. The van der Waals surface area contributed by atoms with Gasteiger partial charge in [-0.2, -0.15) is 0 Å². The van der Waals surface area contributed by atoms with Crippen molar-refractivity contribution >= 4 is 5.78 Å². The van der Waals surface area contributed by atoms with Crippen molar-refractivity contribution in [1.82, 2.24) is 0 Å². The van der Waals surface area contributed by atoms with Crippen LogP contribution in [0.5, 0.6) is 0 Å². The van der Waals surface area contributed by atoms with Crippen LogP contribution in [0.1, 0.15) is 113 Å². The molecule has 0 amide bonds. The van der Waals surface area contributed by atoms with E-state index in [1.165, 1.54) is 44.9 Å². The fourth-order valence-electron chi connectivity index (χ4n) is 11.3. The van der Waals surface area contributed by atoms with Crippen molar-refractivity contribution in [2.75, 3.05) is 0 Å². The van der Waals surface area contributed by atoms with E-state index in [-0.39, 0.29) is 11.5 Å². The first kappa shape index (κ1) is 22.4. The summed E-state index contributed by atoms with van der Waals surface area (Å²) in [6.07, 6.45) is 11.9. The average Bonchev–Trinajstić information content (AvgIpc) is 2.69. The maximum Gasteiger partial charge on any atom is 0.138 e. The molecule has 0 aromatic carbocycles. The van der Waals surface area contributed by atoms with Gasteiger partial charge < -0.3 is 5.11 Å². The Kier molecular flexibility index (Phi) is 4.78. The predicted octanol–water partition coefficient (Wildman–Crippen LogP) is 7.04. The number of ketones is 1. The Labute approximate surface area is 191 Å². The molecule has 5 rings (SSSR count). The van der Waals surface area contributed by atoms with Gasteiger partial charge in [-0.3, -0.25) is 4.79 Å². The highest BCUT2D eigenvalue weighted by atomic mass is 16.3. The number of carbonyl (C=O) groups is 1. The SMILES string of the molecule is C[C@@H]1[C@H]2[C@H]3CC[C@@H]4[C@@]5(C)CCC(=O)C(C)(C)[C@@H]5CC[C@@]4(C)[C@]3(C)CC[C@@]2(C)CC[C@H]1O. The van der Waals surface area contributed by atoms with E-state index >= 15 is 0 Å². The van der Waals surface area contributed by atoms with E-state index in [0.29, 0.717) is 45.2 Å². The topological polar surface area (TPSA) is 37.3 Å². The van der Waals surface area contributed by atoms with E-state index in [4.69, 9.17) is 0 Å². The number of rotatable bonds is 0. The van der Waals surface area contributed by atoms with E-state index in [1.807, 2.05) is 0 Å². The normalized spacial score (nSPS) is 58.5. The average molecular weight is 429 g/mol. The van der Waals surface area contributed by atoms with E-state index in [9.17, 15) is 9.90 Å². The van der Waals surface area contributed by atoms with Crippen molar-refractivity contribution in [2.45, 2.75) is 119 Å². The van der Waals surface area contributed by atoms with E-state index in [0.717, 1.165) is 31.1 Å². The van der Waals surface area contributed by atoms with Gasteiger partial charge in [0.05, 0.1) is 6.10 Å². The molecule has 2 nitrogen and oxygen atoms in total. The third-order valence-electron chi connectivity index (χ3n) is 13.3. The quantitative estimate of drug-likeness (QED) is 0.449. The summed E-state index contributed by atoms with van der Waals surface area (Å²) >= 11 is 0. The molecule has 10 atom stereocenters. The van der Waals surface area contributed by atoms with Gasteiger partial charge in [-0.05, 0) is 109 Å². The van der Waals surface area contributed by atoms with Crippen LogP contribution >= 0.6 is 0 Å². The van der Waals surface area contributed by atoms with E-state index < -0.39 is 0 Å². The van der Waals surface area contributed by atoms with Crippen LogP contribution in [0.15, 0.2) is 0 Å². The number of hydrogen-bond donors (Lipinski definition) is 1. The fourth-order valence-corrected chi connectivity index (χ4v) is 11.3. The van der Waals surface area contributed by atoms with E-state index in [2.05, 4.69) is 48.5 Å². The molecule has 31 heavy (non-hydrogen) atoms. The molecular weight excluding hydrogens is 380 g/mol. The molecule has 0 unspecified atom stereocenters. The van der Waals surface area contributed by atoms with Crippen LogP contribution in [0.3, 0.4) is 0 Å². The van der Waals surface area contributed by atoms with Crippen LogP contribution in [0.4, 0.5) is 0 Å². The zero-order chi connectivity index (χ0) is 22.6. The molecule has 0 radical (unpaired) electrons. The van der Waals surface area contributed by atoms with Gasteiger partial charge in [-0.1, -0.05) is 48.5 Å². The largest absolute Gasteiger partial charge is 0.393 e. The first-order valence-corrected chi connectivity index (χ1v) is 13.5. The first-order valence-electron chi connectivity index (χ1n) is 13.5. The smallest absolute Gasteiger partial charge is 0.138 e. The highest BCUT2D eigenvalue weighted by Crippen LogP contribution is 2.76. The molecule has 5 fully saturated rings. The predicted molar refractivity (Wildman–Crippen MR) is 127 cm³/mol. The molecule has 0 aliphatic heterocycles. The van der Waals surface area contributed by atoms with Crippen molar-refractivity contribution in [2.24, 2.45) is 56.7 Å². The summed E-state index contributed by atoms with van der Waals surface area (Å²) in [4.78, 5) is 12.9. The Morgan fingerprint density at radius 2 is 1.48 bits per heavy atom. The zero-order valence-corrected chi connectivity index (χ0v) is 21.4. The maximum atomic E-state index is 12.9. The molecule has 1 N–H and O–H groups in total. The fraction of sp³-hybridized carbons (Fsp3) is 0.966. The van der Waals surface area contributed by atoms with Crippen LogP contribution in [0, 0.1) is 56.7 Å². The monoisotopic (exact) mass is 428 g/mol. The molecule has 176 valence electrons. The van der Waals surface area contributed by atoms with E-state index in [1.54, 1.807) is 0 Å². The molecule has 0 heterocycles. The van der Waals surface area contributed by atoms with Gasteiger partial charge in [0.25, 0.3) is 0 Å². The number of fused-ring (bicyclic) bond motifs is 7. The second-order valence-corrected chi connectivity index (χ2v) is 14.5. The van der Waals surface area contributed by atoms with Crippen molar-refractivity contribution in [3.05, 3.63) is 0 Å². The van der Waals surface area contributed by atoms with Gasteiger partial charge in [-0.25, -0.2) is 0 Å². The minimum Gasteiger partial charge on any atom is -0.393 e. The summed E-state index contributed by atoms with van der Waals surface area (Å²) in [6, 6.07) is 0. The van der Waals surface area contributed by atoms with Gasteiger partial charge in [0.2, 0.25) is 0 Å². The number of Topliss-reactive ketones (excluding diaryl/α,β-unsaturated/α-hetero) is 1. The lowest BCUT2D eigenvalue weighted by atomic mass is 9.31. The lowest BCUT2D eigenvalue weighted by Gasteiger charge is -2.73. The third kappa shape index (κ3) is 2.64. The van der Waals surface area contributed by atoms with Crippen molar-refractivity contribution < 1.29 is 9.90 Å². The molecule has 0 aromatic rings. The summed E-state index contributed by atoms with van der Waals surface area (Å²) in [5, 5.41) is 10.8. The van der Waals surface area contributed by atoms with Crippen molar-refractivity contribution in [1.29, 1.82) is 0 Å². The van der Waals surface area contributed by atoms with Crippen LogP contribution < -0.4 is 0 Å². The van der Waals surface area contributed by atoms with Gasteiger partial charge in [0.1, 0.15) is 5.78 Å². The zero-order valence-electron chi connectivity index (χ0n) is 21.4. The Balaban J connectivity index is 1.54. The second kappa shape index (κ2) is 6.61. The molecule has 0 spiro atoms. The summed E-state index contributed by atoms with van der Waals surface area (Å²) in [5.74, 6) is 3.64. The standard InChI is InChI=1S/C29H48O2/c1-18-20(30)10-13-26(4)16-17-28(6)19(24(18)26)8-9-22-27(5)14-12-23(31)25(2,3)21(27)11-15-29(22,28)7/h18-22,24,30H,8-17H2,1-7H3/t18-,19+,20+,21-,22+,24-,26+,27-,28+,29+/m0/s1. The molecule has 2 heteroatoms. The molecule has 0 saturated heterocycles. The second-order valence-electron chi connectivity index (χ2n) is 14.5. The lowest BCUT2D eigenvalue weighted by Crippen LogP contribution is -2.67. The van der Waals surface area contributed by atoms with Crippen LogP contribution in [0.2, 0.25) is 0 Å². The summed E-state index contributed by atoms with van der Waals surface area (Å²) in [6.45, 7) is 17.3. The summed E-state index contributed by atoms with van der Waals surface area (Å²) < 4.78 is 0. The van der Waals surface area contributed by atoms with Crippen LogP contribution in [-0.4, -0.2) is 17.0 Å². The van der Waals surface area contributed by atoms with Crippen LogP contribution in [-0.2, 0) is 4.79 Å². The molecule has 5 aliphatic rings. The maximum absolute atomic E-state index is 12.9. The number of carbonyl (C=O) groups excluding carboxylic acids is 1. The number of aliphatic hydroxyl groups is 1. The Morgan fingerprint density at radius 3 is 2.19 bits per heavy atom.